The first-order valence-electron chi connectivity index (χ1n) is 34.6. The van der Waals surface area contributed by atoms with Crippen LogP contribution in [0.1, 0.15) is 353 Å². The monoisotopic (exact) mass is 1410 g/mol. The van der Waals surface area contributed by atoms with Crippen LogP contribution < -0.4 is 18.9 Å². The first kappa shape index (κ1) is 72.7. The molecule has 4 aromatic carbocycles. The van der Waals surface area contributed by atoms with Crippen LogP contribution in [0.3, 0.4) is 0 Å². The number of benzene rings is 4. The molecule has 0 fully saturated rings. The normalized spacial score (nSPS) is 15.9. The van der Waals surface area contributed by atoms with Crippen LogP contribution in [0.15, 0.2) is 66.4 Å². The second-order valence-corrected chi connectivity index (χ2v) is 28.8. The molecule has 0 heterocycles. The van der Waals surface area contributed by atoms with Gasteiger partial charge in [-0.1, -0.05) is 323 Å². The van der Waals surface area contributed by atoms with Gasteiger partial charge in [-0.3, -0.25) is 0 Å². The molecular weight excluding hydrogens is 1300 g/mol. The number of fused-ring (bicyclic) bond motifs is 8. The van der Waals surface area contributed by atoms with E-state index in [-0.39, 0.29) is 23.7 Å². The van der Waals surface area contributed by atoms with E-state index >= 15 is 0 Å². The third-order valence-electron chi connectivity index (χ3n) is 18.6. The molecule has 0 unspecified atom stereocenters. The van der Waals surface area contributed by atoms with E-state index in [0.29, 0.717) is 0 Å². The number of hydrogen-bond donors (Lipinski definition) is 0. The van der Waals surface area contributed by atoms with Crippen LogP contribution in [0.25, 0.3) is 0 Å². The summed E-state index contributed by atoms with van der Waals surface area (Å²) in [5.41, 5.74) is 9.80. The van der Waals surface area contributed by atoms with E-state index < -0.39 is 0 Å². The number of hydrogen-bond acceptors (Lipinski definition) is 4. The first-order valence-corrected chi connectivity index (χ1v) is 37.8. The SMILES string of the molecule is CCCCCCCCCCCC1c2cc(Br)cc(c2OC)C(CCCCCCCCCCC)c2cc(Br)cc(c2OC)C(CCCCCCCCCCC)c2cc(Br)cc(c2OC)C(CCCCCCCCCCC)c2cc(Br)cc1c2OC. The quantitative estimate of drug-likeness (QED) is 0.0414. The number of methoxy groups -OCH3 is 4. The molecule has 1 aliphatic rings. The molecule has 1 aliphatic carbocycles. The molecule has 84 heavy (non-hydrogen) atoms. The summed E-state index contributed by atoms with van der Waals surface area (Å²) in [6.07, 6.45) is 50.2. The minimum absolute atomic E-state index is 0.00206. The Kier molecular flexibility index (Phi) is 37.1. The van der Waals surface area contributed by atoms with Gasteiger partial charge >= 0.3 is 0 Å². The van der Waals surface area contributed by atoms with E-state index in [1.54, 1.807) is 0 Å². The highest BCUT2D eigenvalue weighted by Gasteiger charge is 2.35. The lowest BCUT2D eigenvalue weighted by Crippen LogP contribution is -2.15. The Bertz CT molecular complexity index is 2000. The minimum atomic E-state index is 0.00206. The fourth-order valence-electron chi connectivity index (χ4n) is 14.1. The van der Waals surface area contributed by atoms with Crippen LogP contribution in [0, 0.1) is 0 Å². The molecule has 0 saturated heterocycles. The van der Waals surface area contributed by atoms with Gasteiger partial charge in [0.25, 0.3) is 0 Å². The summed E-state index contributed by atoms with van der Waals surface area (Å²) in [5.74, 6) is 3.98. The van der Waals surface area contributed by atoms with Crippen molar-refractivity contribution >= 4 is 63.7 Å². The Balaban J connectivity index is 1.79. The van der Waals surface area contributed by atoms with Crippen molar-refractivity contribution in [1.82, 2.24) is 0 Å². The lowest BCUT2D eigenvalue weighted by molar-refractivity contribution is 0.378. The Labute approximate surface area is 548 Å². The van der Waals surface area contributed by atoms with E-state index in [2.05, 4.69) is 140 Å². The highest BCUT2D eigenvalue weighted by Crippen LogP contribution is 2.55. The predicted molar refractivity (Wildman–Crippen MR) is 378 cm³/mol. The van der Waals surface area contributed by atoms with Gasteiger partial charge in [-0.25, -0.2) is 0 Å². The van der Waals surface area contributed by atoms with Crippen molar-refractivity contribution in [1.29, 1.82) is 0 Å². The smallest absolute Gasteiger partial charge is 0.126 e. The van der Waals surface area contributed by atoms with Crippen molar-refractivity contribution in [2.24, 2.45) is 0 Å². The van der Waals surface area contributed by atoms with Gasteiger partial charge in [0.2, 0.25) is 0 Å². The lowest BCUT2D eigenvalue weighted by atomic mass is 9.76. The first-order chi connectivity index (χ1) is 41.1. The Morgan fingerprint density at radius 2 is 0.357 bits per heavy atom. The Morgan fingerprint density at radius 3 is 0.488 bits per heavy atom. The zero-order chi connectivity index (χ0) is 60.3. The average Bonchev–Trinajstić information content (AvgIpc) is 1.29. The van der Waals surface area contributed by atoms with Gasteiger partial charge in [-0.2, -0.15) is 0 Å². The average molecular weight is 1410 g/mol. The van der Waals surface area contributed by atoms with Crippen LogP contribution in [0.5, 0.6) is 23.0 Å². The van der Waals surface area contributed by atoms with Crippen LogP contribution in [-0.2, 0) is 0 Å². The summed E-state index contributed by atoms with van der Waals surface area (Å²) in [7, 11) is 7.69. The van der Waals surface area contributed by atoms with Gasteiger partial charge in [-0.15, -0.1) is 0 Å². The molecule has 472 valence electrons. The van der Waals surface area contributed by atoms with Crippen LogP contribution in [0.2, 0.25) is 0 Å². The largest absolute Gasteiger partial charge is 0.496 e. The summed E-state index contributed by atoms with van der Waals surface area (Å²) >= 11 is 16.8. The van der Waals surface area contributed by atoms with Crippen molar-refractivity contribution in [3.05, 3.63) is 111 Å². The Hall–Kier alpha value is -2.00. The third kappa shape index (κ3) is 23.4. The molecular formula is C76H116Br4O4. The van der Waals surface area contributed by atoms with Crippen molar-refractivity contribution in [3.8, 4) is 23.0 Å². The number of ether oxygens (including phenoxy) is 4. The third-order valence-corrected chi connectivity index (χ3v) is 20.5. The molecule has 0 amide bonds. The number of halogens is 4. The van der Waals surface area contributed by atoms with Crippen molar-refractivity contribution in [2.75, 3.05) is 28.4 Å². The van der Waals surface area contributed by atoms with Gasteiger partial charge in [0.15, 0.2) is 0 Å². The molecule has 8 bridgehead atoms. The maximum atomic E-state index is 6.97. The molecule has 5 rings (SSSR count). The summed E-state index contributed by atoms with van der Waals surface area (Å²) in [6.45, 7) is 9.25. The molecule has 0 saturated carbocycles. The van der Waals surface area contributed by atoms with E-state index in [1.165, 1.54) is 250 Å². The van der Waals surface area contributed by atoms with E-state index in [4.69, 9.17) is 18.9 Å². The van der Waals surface area contributed by atoms with Gasteiger partial charge in [0.1, 0.15) is 23.0 Å². The molecule has 0 N–H and O–H groups in total. The fraction of sp³-hybridized carbons (Fsp3) is 0.684. The molecule has 0 atom stereocenters. The standard InChI is InChI=1S/C76H116Br4O4/c1-9-13-17-21-25-29-33-37-41-45-61-65-49-57(77)51-67(73(65)81-5)62(46-42-38-34-30-26-22-18-14-10-2)69-53-59(79)55-71(75(69)83-7)64(48-44-40-36-32-28-24-20-16-12-4)72-56-60(80)54-70(76(72)84-8)63(47-43-39-35-31-27-23-19-15-11-3)68-52-58(78)50-66(61)74(68)82-6/h49-56,61-64H,9-48H2,1-8H3. The topological polar surface area (TPSA) is 36.9 Å². The molecule has 0 aromatic heterocycles. The zero-order valence-corrected chi connectivity index (χ0v) is 60.7. The Morgan fingerprint density at radius 1 is 0.226 bits per heavy atom. The predicted octanol–water partition coefficient (Wildman–Crippen LogP) is 27.3. The van der Waals surface area contributed by atoms with Gasteiger partial charge in [-0.05, 0) is 74.2 Å². The second kappa shape index (κ2) is 42.8. The van der Waals surface area contributed by atoms with E-state index in [1.807, 2.05) is 28.4 Å². The van der Waals surface area contributed by atoms with Gasteiger partial charge in [0, 0.05) is 86.1 Å². The van der Waals surface area contributed by atoms with Crippen molar-refractivity contribution in [2.45, 2.75) is 308 Å². The van der Waals surface area contributed by atoms with E-state index in [9.17, 15) is 0 Å². The molecule has 0 aliphatic heterocycles. The van der Waals surface area contributed by atoms with Gasteiger partial charge in [0.05, 0.1) is 28.4 Å². The maximum absolute atomic E-state index is 6.97. The highest BCUT2D eigenvalue weighted by atomic mass is 79.9. The summed E-state index contributed by atoms with van der Waals surface area (Å²) in [5, 5.41) is 0. The lowest BCUT2D eigenvalue weighted by Gasteiger charge is -2.32. The summed E-state index contributed by atoms with van der Waals surface area (Å²) < 4.78 is 32.2. The zero-order valence-electron chi connectivity index (χ0n) is 54.4. The number of unbranched alkanes of at least 4 members (excludes halogenated alkanes) is 32. The summed E-state index contributed by atoms with van der Waals surface area (Å²) in [4.78, 5) is 0. The van der Waals surface area contributed by atoms with Crippen LogP contribution in [0.4, 0.5) is 0 Å². The van der Waals surface area contributed by atoms with Gasteiger partial charge < -0.3 is 18.9 Å². The molecule has 0 radical (unpaired) electrons. The summed E-state index contributed by atoms with van der Waals surface area (Å²) in [6, 6.07) is 19.1. The fourth-order valence-corrected chi connectivity index (χ4v) is 16.1. The highest BCUT2D eigenvalue weighted by molar-refractivity contribution is 9.11. The molecule has 4 nitrogen and oxygen atoms in total. The molecule has 0 spiro atoms. The molecule has 8 heteroatoms. The van der Waals surface area contributed by atoms with Crippen LogP contribution in [-0.4, -0.2) is 28.4 Å². The van der Waals surface area contributed by atoms with Crippen molar-refractivity contribution < 1.29 is 18.9 Å². The number of rotatable bonds is 44. The second-order valence-electron chi connectivity index (χ2n) is 25.1. The van der Waals surface area contributed by atoms with E-state index in [0.717, 1.165) is 92.3 Å². The van der Waals surface area contributed by atoms with Crippen LogP contribution >= 0.6 is 63.7 Å². The van der Waals surface area contributed by atoms with Crippen molar-refractivity contribution in [3.63, 3.8) is 0 Å². The minimum Gasteiger partial charge on any atom is -0.496 e. The maximum Gasteiger partial charge on any atom is 0.126 e. The molecule has 4 aromatic rings.